The summed E-state index contributed by atoms with van der Waals surface area (Å²) >= 11 is 0. The third-order valence-electron chi connectivity index (χ3n) is 3.80. The van der Waals surface area contributed by atoms with Crippen LogP contribution < -0.4 is 15.8 Å². The Balaban J connectivity index is 2.36. The molecule has 0 heterocycles. The fourth-order valence-corrected chi connectivity index (χ4v) is 3.52. The van der Waals surface area contributed by atoms with Gasteiger partial charge in [0.05, 0.1) is 5.69 Å². The molecule has 0 aromatic heterocycles. The van der Waals surface area contributed by atoms with E-state index in [2.05, 4.69) is 10.0 Å². The molecule has 2 rings (SSSR count). The lowest BCUT2D eigenvalue weighted by Gasteiger charge is -2.31. The van der Waals surface area contributed by atoms with Crippen LogP contribution in [0, 0.1) is 0 Å². The smallest absolute Gasteiger partial charge is 0.242 e. The van der Waals surface area contributed by atoms with E-state index in [0.717, 1.165) is 25.7 Å². The lowest BCUT2D eigenvalue weighted by molar-refractivity contribution is 0.491. The van der Waals surface area contributed by atoms with Gasteiger partial charge in [0.1, 0.15) is 4.90 Å². The van der Waals surface area contributed by atoms with Crippen molar-refractivity contribution >= 4 is 15.7 Å². The fourth-order valence-electron chi connectivity index (χ4n) is 2.63. The number of para-hydroxylation sites is 1. The highest BCUT2D eigenvalue weighted by Crippen LogP contribution is 2.34. The van der Waals surface area contributed by atoms with Crippen LogP contribution >= 0.6 is 0 Å². The lowest BCUT2D eigenvalue weighted by atomic mass is 9.97. The molecule has 0 saturated heterocycles. The highest BCUT2D eigenvalue weighted by atomic mass is 32.2. The molecule has 1 saturated carbocycles. The number of nitrogens with two attached hydrogens (primary N) is 1. The molecule has 6 heteroatoms. The fraction of sp³-hybridized carbons (Fsp3) is 0.538. The summed E-state index contributed by atoms with van der Waals surface area (Å²) in [5.41, 5.74) is 6.34. The topological polar surface area (TPSA) is 84.2 Å². The van der Waals surface area contributed by atoms with E-state index < -0.39 is 10.0 Å². The summed E-state index contributed by atoms with van der Waals surface area (Å²) in [5.74, 6) is 0. The van der Waals surface area contributed by atoms with Crippen LogP contribution in [0.25, 0.3) is 0 Å². The van der Waals surface area contributed by atoms with Gasteiger partial charge in [0.25, 0.3) is 0 Å². The van der Waals surface area contributed by atoms with E-state index in [1.807, 2.05) is 6.07 Å². The zero-order valence-corrected chi connectivity index (χ0v) is 12.0. The summed E-state index contributed by atoms with van der Waals surface area (Å²) < 4.78 is 26.4. The van der Waals surface area contributed by atoms with Crippen molar-refractivity contribution in [3.63, 3.8) is 0 Å². The Morgan fingerprint density at radius 1 is 1.26 bits per heavy atom. The van der Waals surface area contributed by atoms with Crippen molar-refractivity contribution in [2.45, 2.75) is 36.1 Å². The van der Waals surface area contributed by atoms with Gasteiger partial charge in [-0.25, -0.2) is 13.1 Å². The quantitative estimate of drug-likeness (QED) is 0.760. The molecule has 0 unspecified atom stereocenters. The van der Waals surface area contributed by atoms with E-state index in [1.54, 1.807) is 18.2 Å². The van der Waals surface area contributed by atoms with E-state index >= 15 is 0 Å². The third kappa shape index (κ3) is 2.91. The molecule has 1 aliphatic carbocycles. The first kappa shape index (κ1) is 14.3. The van der Waals surface area contributed by atoms with Crippen molar-refractivity contribution in [1.29, 1.82) is 0 Å². The van der Waals surface area contributed by atoms with Crippen LogP contribution in [0.2, 0.25) is 0 Å². The van der Waals surface area contributed by atoms with Gasteiger partial charge in [-0.2, -0.15) is 0 Å². The molecule has 1 aromatic rings. The van der Waals surface area contributed by atoms with Gasteiger partial charge < -0.3 is 11.1 Å². The monoisotopic (exact) mass is 283 g/mol. The Hall–Kier alpha value is -1.11. The largest absolute Gasteiger partial charge is 0.377 e. The second kappa shape index (κ2) is 5.48. The summed E-state index contributed by atoms with van der Waals surface area (Å²) in [6.45, 7) is 0.515. The SMILES string of the molecule is CNS(=O)(=O)c1ccccc1NC1(CN)CCCC1. The Morgan fingerprint density at radius 2 is 1.89 bits per heavy atom. The van der Waals surface area contributed by atoms with Crippen LogP contribution in [0.3, 0.4) is 0 Å². The van der Waals surface area contributed by atoms with E-state index in [-0.39, 0.29) is 10.4 Å². The minimum Gasteiger partial charge on any atom is -0.377 e. The van der Waals surface area contributed by atoms with Crippen LogP contribution in [-0.4, -0.2) is 27.5 Å². The van der Waals surface area contributed by atoms with Crippen LogP contribution in [0.5, 0.6) is 0 Å². The molecule has 1 aliphatic rings. The van der Waals surface area contributed by atoms with Crippen molar-refractivity contribution in [2.24, 2.45) is 5.73 Å². The lowest BCUT2D eigenvalue weighted by Crippen LogP contribution is -2.43. The molecule has 19 heavy (non-hydrogen) atoms. The van der Waals surface area contributed by atoms with Crippen molar-refractivity contribution < 1.29 is 8.42 Å². The first-order chi connectivity index (χ1) is 9.03. The zero-order valence-electron chi connectivity index (χ0n) is 11.1. The first-order valence-electron chi connectivity index (χ1n) is 6.54. The first-order valence-corrected chi connectivity index (χ1v) is 8.02. The van der Waals surface area contributed by atoms with Gasteiger partial charge in [-0.1, -0.05) is 25.0 Å². The van der Waals surface area contributed by atoms with Crippen molar-refractivity contribution in [1.82, 2.24) is 4.72 Å². The Kier molecular flexibility index (Phi) is 4.13. The summed E-state index contributed by atoms with van der Waals surface area (Å²) in [4.78, 5) is 0.275. The molecule has 4 N–H and O–H groups in total. The minimum absolute atomic E-state index is 0.167. The second-order valence-electron chi connectivity index (χ2n) is 5.02. The normalized spacial score (nSPS) is 18.4. The summed E-state index contributed by atoms with van der Waals surface area (Å²) in [6, 6.07) is 6.95. The van der Waals surface area contributed by atoms with Crippen LogP contribution in [-0.2, 0) is 10.0 Å². The molecule has 0 spiro atoms. The summed E-state index contributed by atoms with van der Waals surface area (Å²) in [7, 11) is -2.04. The number of anilines is 1. The van der Waals surface area contributed by atoms with E-state index in [1.165, 1.54) is 7.05 Å². The van der Waals surface area contributed by atoms with Gasteiger partial charge >= 0.3 is 0 Å². The van der Waals surface area contributed by atoms with Crippen LogP contribution in [0.15, 0.2) is 29.2 Å². The molecule has 0 atom stereocenters. The summed E-state index contributed by atoms with van der Waals surface area (Å²) in [5, 5.41) is 3.37. The second-order valence-corrected chi connectivity index (χ2v) is 6.88. The number of benzene rings is 1. The molecule has 5 nitrogen and oxygen atoms in total. The minimum atomic E-state index is -3.46. The van der Waals surface area contributed by atoms with Gasteiger partial charge in [0, 0.05) is 12.1 Å². The van der Waals surface area contributed by atoms with E-state index in [9.17, 15) is 8.42 Å². The highest BCUT2D eigenvalue weighted by molar-refractivity contribution is 7.89. The average molecular weight is 283 g/mol. The molecule has 1 aromatic carbocycles. The summed E-state index contributed by atoms with van der Waals surface area (Å²) in [6.07, 6.45) is 4.23. The molecule has 106 valence electrons. The number of sulfonamides is 1. The molecule has 0 bridgehead atoms. The molecular formula is C13H21N3O2S. The van der Waals surface area contributed by atoms with Gasteiger partial charge in [-0.15, -0.1) is 0 Å². The van der Waals surface area contributed by atoms with E-state index in [4.69, 9.17) is 5.73 Å². The Morgan fingerprint density at radius 3 is 2.47 bits per heavy atom. The van der Waals surface area contributed by atoms with Crippen LogP contribution in [0.1, 0.15) is 25.7 Å². The average Bonchev–Trinajstić information content (AvgIpc) is 2.88. The van der Waals surface area contributed by atoms with Gasteiger partial charge in [-0.05, 0) is 32.0 Å². The molecular weight excluding hydrogens is 262 g/mol. The maximum Gasteiger partial charge on any atom is 0.242 e. The number of hydrogen-bond acceptors (Lipinski definition) is 4. The van der Waals surface area contributed by atoms with Gasteiger partial charge in [0.2, 0.25) is 10.0 Å². The van der Waals surface area contributed by atoms with Gasteiger partial charge in [0.15, 0.2) is 0 Å². The molecule has 0 amide bonds. The molecule has 0 aliphatic heterocycles. The van der Waals surface area contributed by atoms with Crippen molar-refractivity contribution in [2.75, 3.05) is 18.9 Å². The third-order valence-corrected chi connectivity index (χ3v) is 5.27. The maximum atomic E-state index is 12.0. The predicted octanol–water partition coefficient (Wildman–Crippen LogP) is 1.28. The van der Waals surface area contributed by atoms with Crippen molar-refractivity contribution in [3.8, 4) is 0 Å². The number of rotatable bonds is 5. The highest BCUT2D eigenvalue weighted by Gasteiger charge is 2.33. The van der Waals surface area contributed by atoms with Crippen molar-refractivity contribution in [3.05, 3.63) is 24.3 Å². The molecule has 1 fully saturated rings. The number of hydrogen-bond donors (Lipinski definition) is 3. The van der Waals surface area contributed by atoms with Gasteiger partial charge in [-0.3, -0.25) is 0 Å². The Labute approximate surface area is 114 Å². The zero-order chi connectivity index (χ0) is 13.9. The standard InChI is InChI=1S/C13H21N3O2S/c1-15-19(17,18)12-7-3-2-6-11(12)16-13(10-14)8-4-5-9-13/h2-3,6-7,15-16H,4-5,8-10,14H2,1H3. The van der Waals surface area contributed by atoms with Crippen LogP contribution in [0.4, 0.5) is 5.69 Å². The Bertz CT molecular complexity index is 537. The maximum absolute atomic E-state index is 12.0. The predicted molar refractivity (Wildman–Crippen MR) is 76.6 cm³/mol. The number of nitrogens with one attached hydrogen (secondary N) is 2. The molecule has 0 radical (unpaired) electrons. The van der Waals surface area contributed by atoms with E-state index in [0.29, 0.717) is 12.2 Å².